The van der Waals surface area contributed by atoms with Crippen LogP contribution < -0.4 is 0 Å². The van der Waals surface area contributed by atoms with Gasteiger partial charge in [0.05, 0.1) is 17.0 Å². The number of carboxylic acid groups (broad SMARTS) is 1. The number of aromatic amines is 1. The molecule has 0 saturated carbocycles. The van der Waals surface area contributed by atoms with Gasteiger partial charge in [0.1, 0.15) is 18.2 Å². The van der Waals surface area contributed by atoms with Crippen LogP contribution >= 0.6 is 0 Å². The highest BCUT2D eigenvalue weighted by molar-refractivity contribution is 6.07. The van der Waals surface area contributed by atoms with Gasteiger partial charge < -0.3 is 14.8 Å². The topological polar surface area (TPSA) is 96.5 Å². The van der Waals surface area contributed by atoms with Crippen LogP contribution in [0, 0.1) is 11.6 Å². The van der Waals surface area contributed by atoms with Gasteiger partial charge in [-0.2, -0.15) is 0 Å². The lowest BCUT2D eigenvalue weighted by atomic mass is 9.90. The quantitative estimate of drug-likeness (QED) is 0.275. The third kappa shape index (κ3) is 4.71. The SMILES string of the molecule is O=C(CC(C(=O)O)c1c[nH]c2cccc(C(=O)OCc3ccccc3)c12)c1ccc(F)cc1F. The van der Waals surface area contributed by atoms with Crippen LogP contribution in [0.4, 0.5) is 8.78 Å². The van der Waals surface area contributed by atoms with Crippen molar-refractivity contribution in [3.8, 4) is 0 Å². The highest BCUT2D eigenvalue weighted by Crippen LogP contribution is 2.32. The fourth-order valence-corrected chi connectivity index (χ4v) is 3.80. The maximum absolute atomic E-state index is 14.1. The molecule has 34 heavy (non-hydrogen) atoms. The van der Waals surface area contributed by atoms with Crippen LogP contribution in [0.1, 0.15) is 44.2 Å². The molecule has 1 aromatic heterocycles. The van der Waals surface area contributed by atoms with Crippen LogP contribution in [0.25, 0.3) is 10.9 Å². The van der Waals surface area contributed by atoms with Crippen molar-refractivity contribution in [2.24, 2.45) is 0 Å². The van der Waals surface area contributed by atoms with E-state index in [1.54, 1.807) is 24.3 Å². The molecule has 8 heteroatoms. The number of aromatic nitrogens is 1. The van der Waals surface area contributed by atoms with E-state index in [2.05, 4.69) is 4.98 Å². The minimum atomic E-state index is -1.38. The number of esters is 1. The fourth-order valence-electron chi connectivity index (χ4n) is 3.80. The first-order chi connectivity index (χ1) is 16.3. The van der Waals surface area contributed by atoms with Gasteiger partial charge in [-0.25, -0.2) is 13.6 Å². The van der Waals surface area contributed by atoms with Crippen molar-refractivity contribution in [1.29, 1.82) is 0 Å². The summed E-state index contributed by atoms with van der Waals surface area (Å²) in [4.78, 5) is 40.6. The molecule has 4 aromatic rings. The molecule has 0 aliphatic rings. The summed E-state index contributed by atoms with van der Waals surface area (Å²) in [7, 11) is 0. The van der Waals surface area contributed by atoms with E-state index < -0.39 is 47.3 Å². The Balaban J connectivity index is 1.66. The van der Waals surface area contributed by atoms with E-state index in [-0.39, 0.29) is 17.7 Å². The van der Waals surface area contributed by atoms with Crippen LogP contribution in [0.2, 0.25) is 0 Å². The number of aliphatic carboxylic acids is 1. The van der Waals surface area contributed by atoms with Crippen LogP contribution in [0.3, 0.4) is 0 Å². The second kappa shape index (κ2) is 9.66. The Bertz CT molecular complexity index is 1380. The van der Waals surface area contributed by atoms with Crippen molar-refractivity contribution in [1.82, 2.24) is 4.98 Å². The van der Waals surface area contributed by atoms with Crippen molar-refractivity contribution in [2.45, 2.75) is 18.9 Å². The second-order valence-electron chi connectivity index (χ2n) is 7.68. The van der Waals surface area contributed by atoms with Crippen molar-refractivity contribution in [3.05, 3.63) is 107 Å². The van der Waals surface area contributed by atoms with Crippen molar-refractivity contribution in [3.63, 3.8) is 0 Å². The highest BCUT2D eigenvalue weighted by Gasteiger charge is 2.29. The molecule has 1 unspecified atom stereocenters. The number of benzene rings is 3. The van der Waals surface area contributed by atoms with Gasteiger partial charge in [0.15, 0.2) is 5.78 Å². The monoisotopic (exact) mass is 463 g/mol. The van der Waals surface area contributed by atoms with E-state index in [9.17, 15) is 28.3 Å². The maximum atomic E-state index is 14.1. The number of hydrogen-bond acceptors (Lipinski definition) is 4. The molecule has 0 aliphatic carbocycles. The number of ketones is 1. The van der Waals surface area contributed by atoms with E-state index >= 15 is 0 Å². The smallest absolute Gasteiger partial charge is 0.339 e. The van der Waals surface area contributed by atoms with Crippen molar-refractivity contribution >= 4 is 28.6 Å². The van der Waals surface area contributed by atoms with Gasteiger partial charge in [-0.15, -0.1) is 0 Å². The van der Waals surface area contributed by atoms with Crippen LogP contribution in [0.5, 0.6) is 0 Å². The third-order valence-corrected chi connectivity index (χ3v) is 5.46. The molecular formula is C26H19F2NO5. The Morgan fingerprint density at radius 2 is 1.71 bits per heavy atom. The molecule has 1 heterocycles. The zero-order valence-electron chi connectivity index (χ0n) is 17.8. The fraction of sp³-hybridized carbons (Fsp3) is 0.115. The molecule has 6 nitrogen and oxygen atoms in total. The van der Waals surface area contributed by atoms with Crippen molar-refractivity contribution in [2.75, 3.05) is 0 Å². The standard InChI is InChI=1S/C26H19F2NO5/c27-16-9-10-17(21(28)11-16)23(30)12-19(25(31)32)20-13-29-22-8-4-7-18(24(20)22)26(33)34-14-15-5-2-1-3-6-15/h1-11,13,19,29H,12,14H2,(H,31,32). The predicted octanol–water partition coefficient (Wildman–Crippen LogP) is 5.24. The molecule has 0 fully saturated rings. The number of carboxylic acids is 1. The Labute approximate surface area is 192 Å². The molecule has 3 aromatic carbocycles. The summed E-state index contributed by atoms with van der Waals surface area (Å²) in [6.45, 7) is 0.0283. The number of halogens is 2. The molecule has 0 bridgehead atoms. The maximum Gasteiger partial charge on any atom is 0.339 e. The van der Waals surface area contributed by atoms with E-state index in [0.29, 0.717) is 17.0 Å². The lowest BCUT2D eigenvalue weighted by Crippen LogP contribution is -2.17. The summed E-state index contributed by atoms with van der Waals surface area (Å²) in [5.41, 5.74) is 1.18. The number of carbonyl (C=O) groups excluding carboxylic acids is 2. The molecule has 0 aliphatic heterocycles. The molecule has 0 radical (unpaired) electrons. The van der Waals surface area contributed by atoms with Gasteiger partial charge in [0.25, 0.3) is 0 Å². The minimum absolute atomic E-state index is 0.0283. The number of carbonyl (C=O) groups is 3. The molecular weight excluding hydrogens is 444 g/mol. The van der Waals surface area contributed by atoms with Gasteiger partial charge in [0.2, 0.25) is 0 Å². The summed E-state index contributed by atoms with van der Waals surface area (Å²) in [6, 6.07) is 16.3. The molecule has 172 valence electrons. The molecule has 0 amide bonds. The average Bonchev–Trinajstić information content (AvgIpc) is 3.25. The number of hydrogen-bond donors (Lipinski definition) is 2. The number of rotatable bonds is 8. The number of nitrogens with one attached hydrogen (secondary N) is 1. The molecule has 4 rings (SSSR count). The van der Waals surface area contributed by atoms with Gasteiger partial charge in [-0.05, 0) is 35.4 Å². The normalized spacial score (nSPS) is 11.8. The zero-order valence-corrected chi connectivity index (χ0v) is 17.8. The lowest BCUT2D eigenvalue weighted by Gasteiger charge is -2.13. The average molecular weight is 463 g/mol. The summed E-state index contributed by atoms with van der Waals surface area (Å²) < 4.78 is 32.7. The second-order valence-corrected chi connectivity index (χ2v) is 7.68. The largest absolute Gasteiger partial charge is 0.481 e. The summed E-state index contributed by atoms with van der Waals surface area (Å²) >= 11 is 0. The first-order valence-electron chi connectivity index (χ1n) is 10.4. The number of ether oxygens (including phenoxy) is 1. The predicted molar refractivity (Wildman–Crippen MR) is 120 cm³/mol. The van der Waals surface area contributed by atoms with E-state index in [1.807, 2.05) is 18.2 Å². The zero-order chi connectivity index (χ0) is 24.2. The Hall–Kier alpha value is -4.33. The third-order valence-electron chi connectivity index (χ3n) is 5.46. The molecule has 1 atom stereocenters. The van der Waals surface area contributed by atoms with E-state index in [0.717, 1.165) is 17.7 Å². The van der Waals surface area contributed by atoms with E-state index in [4.69, 9.17) is 4.74 Å². The van der Waals surface area contributed by atoms with Gasteiger partial charge in [-0.1, -0.05) is 36.4 Å². The van der Waals surface area contributed by atoms with Crippen molar-refractivity contribution < 1.29 is 33.0 Å². The van der Waals surface area contributed by atoms with Crippen LogP contribution in [-0.2, 0) is 16.1 Å². The molecule has 0 spiro atoms. The number of Topliss-reactive ketones (excluding diaryl/α,β-unsaturated/α-hetero) is 1. The first kappa shape index (κ1) is 22.8. The Morgan fingerprint density at radius 3 is 2.41 bits per heavy atom. The van der Waals surface area contributed by atoms with Crippen LogP contribution in [0.15, 0.2) is 72.9 Å². The van der Waals surface area contributed by atoms with Crippen LogP contribution in [-0.4, -0.2) is 27.8 Å². The highest BCUT2D eigenvalue weighted by atomic mass is 19.1. The first-order valence-corrected chi connectivity index (χ1v) is 10.4. The summed E-state index contributed by atoms with van der Waals surface area (Å²) in [5.74, 6) is -6.09. The molecule has 0 saturated heterocycles. The number of fused-ring (bicyclic) bond motifs is 1. The minimum Gasteiger partial charge on any atom is -0.481 e. The summed E-state index contributed by atoms with van der Waals surface area (Å²) in [5, 5.41) is 10.2. The Morgan fingerprint density at radius 1 is 0.941 bits per heavy atom. The lowest BCUT2D eigenvalue weighted by molar-refractivity contribution is -0.138. The molecule has 2 N–H and O–H groups in total. The number of H-pyrrole nitrogens is 1. The van der Waals surface area contributed by atoms with Gasteiger partial charge in [0, 0.05) is 29.6 Å². The van der Waals surface area contributed by atoms with Gasteiger partial charge >= 0.3 is 11.9 Å². The summed E-state index contributed by atoms with van der Waals surface area (Å²) in [6.07, 6.45) is 0.823. The Kier molecular flexibility index (Phi) is 6.49. The van der Waals surface area contributed by atoms with E-state index in [1.165, 1.54) is 12.3 Å². The van der Waals surface area contributed by atoms with Gasteiger partial charge in [-0.3, -0.25) is 9.59 Å².